The smallest absolute Gasteiger partial charge is 0.354 e. The minimum Gasteiger partial charge on any atom is -0.461 e. The van der Waals surface area contributed by atoms with Crippen molar-refractivity contribution in [2.75, 3.05) is 6.61 Å². The Labute approximate surface area is 112 Å². The van der Waals surface area contributed by atoms with Gasteiger partial charge in [-0.25, -0.2) is 14.5 Å². The van der Waals surface area contributed by atoms with Gasteiger partial charge in [-0.05, 0) is 32.9 Å². The number of hydrogen-bond acceptors (Lipinski definition) is 4. The molecule has 0 atom stereocenters. The van der Waals surface area contributed by atoms with E-state index in [2.05, 4.69) is 10.1 Å². The molecule has 0 saturated carbocycles. The molecule has 0 saturated heterocycles. The number of esters is 1. The zero-order valence-corrected chi connectivity index (χ0v) is 11.4. The van der Waals surface area contributed by atoms with Gasteiger partial charge in [0.15, 0.2) is 0 Å². The van der Waals surface area contributed by atoms with Gasteiger partial charge in [0.2, 0.25) is 0 Å². The van der Waals surface area contributed by atoms with Gasteiger partial charge in [-0.3, -0.25) is 0 Å². The van der Waals surface area contributed by atoms with Gasteiger partial charge in [0.05, 0.1) is 13.2 Å². The SMILES string of the molecule is CCOC(=O)c1cccn1Cc1ncnn1C(C)C. The molecule has 2 aromatic heterocycles. The third-order valence-corrected chi connectivity index (χ3v) is 2.76. The molecule has 19 heavy (non-hydrogen) atoms. The topological polar surface area (TPSA) is 61.9 Å². The third kappa shape index (κ3) is 2.83. The second kappa shape index (κ2) is 5.69. The van der Waals surface area contributed by atoms with Gasteiger partial charge in [-0.1, -0.05) is 0 Å². The molecule has 0 aliphatic heterocycles. The second-order valence-corrected chi connectivity index (χ2v) is 4.46. The largest absolute Gasteiger partial charge is 0.461 e. The van der Waals surface area contributed by atoms with E-state index < -0.39 is 0 Å². The zero-order valence-electron chi connectivity index (χ0n) is 11.4. The number of aromatic nitrogens is 4. The highest BCUT2D eigenvalue weighted by Gasteiger charge is 2.14. The van der Waals surface area contributed by atoms with Crippen molar-refractivity contribution in [3.8, 4) is 0 Å². The van der Waals surface area contributed by atoms with E-state index in [4.69, 9.17) is 4.74 Å². The monoisotopic (exact) mass is 262 g/mol. The molecule has 2 aromatic rings. The molecule has 0 fully saturated rings. The summed E-state index contributed by atoms with van der Waals surface area (Å²) in [5, 5.41) is 4.18. The number of rotatable bonds is 5. The fourth-order valence-corrected chi connectivity index (χ4v) is 1.91. The Morgan fingerprint density at radius 1 is 1.47 bits per heavy atom. The summed E-state index contributed by atoms with van der Waals surface area (Å²) in [4.78, 5) is 16.0. The highest BCUT2D eigenvalue weighted by molar-refractivity contribution is 5.87. The summed E-state index contributed by atoms with van der Waals surface area (Å²) >= 11 is 0. The molecule has 0 spiro atoms. The Hall–Kier alpha value is -2.11. The Bertz CT molecular complexity index is 556. The molecule has 0 unspecified atom stereocenters. The van der Waals surface area contributed by atoms with E-state index in [1.807, 2.05) is 35.4 Å². The Morgan fingerprint density at radius 3 is 2.95 bits per heavy atom. The van der Waals surface area contributed by atoms with Crippen LogP contribution in [0, 0.1) is 0 Å². The summed E-state index contributed by atoms with van der Waals surface area (Å²) in [5.74, 6) is 0.500. The van der Waals surface area contributed by atoms with Gasteiger partial charge in [-0.15, -0.1) is 0 Å². The Kier molecular flexibility index (Phi) is 3.99. The number of carbonyl (C=O) groups is 1. The van der Waals surface area contributed by atoms with Crippen molar-refractivity contribution in [3.05, 3.63) is 36.2 Å². The van der Waals surface area contributed by atoms with Gasteiger partial charge in [-0.2, -0.15) is 5.10 Å². The van der Waals surface area contributed by atoms with Crippen molar-refractivity contribution in [2.45, 2.75) is 33.4 Å². The predicted octanol–water partition coefficient (Wildman–Crippen LogP) is 1.89. The van der Waals surface area contributed by atoms with Crippen LogP contribution < -0.4 is 0 Å². The van der Waals surface area contributed by atoms with Crippen molar-refractivity contribution < 1.29 is 9.53 Å². The van der Waals surface area contributed by atoms with Crippen LogP contribution in [0.2, 0.25) is 0 Å². The molecule has 2 heterocycles. The van der Waals surface area contributed by atoms with Crippen molar-refractivity contribution in [1.82, 2.24) is 19.3 Å². The minimum absolute atomic E-state index is 0.235. The maximum absolute atomic E-state index is 11.8. The minimum atomic E-state index is -0.317. The van der Waals surface area contributed by atoms with E-state index in [0.717, 1.165) is 5.82 Å². The van der Waals surface area contributed by atoms with E-state index in [1.54, 1.807) is 13.0 Å². The fraction of sp³-hybridized carbons (Fsp3) is 0.462. The van der Waals surface area contributed by atoms with Crippen LogP contribution in [0.4, 0.5) is 0 Å². The molecule has 0 radical (unpaired) electrons. The van der Waals surface area contributed by atoms with E-state index in [1.165, 1.54) is 6.33 Å². The molecule has 0 aliphatic rings. The molecule has 6 heteroatoms. The molecule has 0 aromatic carbocycles. The molecule has 0 N–H and O–H groups in total. The first kappa shape index (κ1) is 13.3. The van der Waals surface area contributed by atoms with E-state index >= 15 is 0 Å². The predicted molar refractivity (Wildman–Crippen MR) is 69.9 cm³/mol. The summed E-state index contributed by atoms with van der Waals surface area (Å²) in [7, 11) is 0. The quantitative estimate of drug-likeness (QED) is 0.772. The lowest BCUT2D eigenvalue weighted by molar-refractivity contribution is 0.0514. The molecule has 0 amide bonds. The lowest BCUT2D eigenvalue weighted by atomic mass is 10.4. The third-order valence-electron chi connectivity index (χ3n) is 2.76. The van der Waals surface area contributed by atoms with Crippen LogP contribution in [0.3, 0.4) is 0 Å². The first-order valence-corrected chi connectivity index (χ1v) is 6.34. The molecule has 0 bridgehead atoms. The number of nitrogens with zero attached hydrogens (tertiary/aromatic N) is 4. The second-order valence-electron chi connectivity index (χ2n) is 4.46. The number of ether oxygens (including phenoxy) is 1. The van der Waals surface area contributed by atoms with E-state index in [0.29, 0.717) is 18.8 Å². The van der Waals surface area contributed by atoms with Gasteiger partial charge >= 0.3 is 5.97 Å². The molecule has 0 aliphatic carbocycles. The van der Waals surface area contributed by atoms with Crippen molar-refractivity contribution in [3.63, 3.8) is 0 Å². The van der Waals surface area contributed by atoms with Crippen LogP contribution in [0.25, 0.3) is 0 Å². The van der Waals surface area contributed by atoms with Crippen molar-refractivity contribution in [2.24, 2.45) is 0 Å². The lowest BCUT2D eigenvalue weighted by Crippen LogP contribution is -2.16. The Balaban J connectivity index is 2.22. The highest BCUT2D eigenvalue weighted by atomic mass is 16.5. The summed E-state index contributed by atoms with van der Waals surface area (Å²) in [6, 6.07) is 3.80. The van der Waals surface area contributed by atoms with E-state index in [9.17, 15) is 4.79 Å². The molecular weight excluding hydrogens is 244 g/mol. The van der Waals surface area contributed by atoms with Crippen LogP contribution in [-0.2, 0) is 11.3 Å². The first-order valence-electron chi connectivity index (χ1n) is 6.34. The number of carbonyl (C=O) groups excluding carboxylic acids is 1. The van der Waals surface area contributed by atoms with Crippen LogP contribution in [0.15, 0.2) is 24.7 Å². The van der Waals surface area contributed by atoms with Crippen LogP contribution in [0.5, 0.6) is 0 Å². The summed E-state index contributed by atoms with van der Waals surface area (Å²) in [6.07, 6.45) is 3.37. The van der Waals surface area contributed by atoms with E-state index in [-0.39, 0.29) is 12.0 Å². The number of hydrogen-bond donors (Lipinski definition) is 0. The average molecular weight is 262 g/mol. The molecule has 6 nitrogen and oxygen atoms in total. The van der Waals surface area contributed by atoms with Gasteiger partial charge in [0.1, 0.15) is 17.8 Å². The van der Waals surface area contributed by atoms with Gasteiger partial charge < -0.3 is 9.30 Å². The zero-order chi connectivity index (χ0) is 13.8. The summed E-state index contributed by atoms with van der Waals surface area (Å²) in [5.41, 5.74) is 0.528. The lowest BCUT2D eigenvalue weighted by Gasteiger charge is -2.11. The van der Waals surface area contributed by atoms with Crippen molar-refractivity contribution >= 4 is 5.97 Å². The van der Waals surface area contributed by atoms with Crippen LogP contribution in [0.1, 0.15) is 43.1 Å². The summed E-state index contributed by atoms with van der Waals surface area (Å²) < 4.78 is 8.68. The highest BCUT2D eigenvalue weighted by Crippen LogP contribution is 2.10. The Morgan fingerprint density at radius 2 is 2.26 bits per heavy atom. The normalized spacial score (nSPS) is 10.9. The average Bonchev–Trinajstić information content (AvgIpc) is 2.98. The fourth-order valence-electron chi connectivity index (χ4n) is 1.91. The van der Waals surface area contributed by atoms with Gasteiger partial charge in [0, 0.05) is 12.2 Å². The van der Waals surface area contributed by atoms with Gasteiger partial charge in [0.25, 0.3) is 0 Å². The maximum Gasteiger partial charge on any atom is 0.354 e. The first-order chi connectivity index (χ1) is 9.13. The molecule has 102 valence electrons. The maximum atomic E-state index is 11.8. The van der Waals surface area contributed by atoms with Crippen molar-refractivity contribution in [1.29, 1.82) is 0 Å². The standard InChI is InChI=1S/C13H18N4O2/c1-4-19-13(18)11-6-5-7-16(11)8-12-14-9-15-17(12)10(2)3/h5-7,9-10H,4,8H2,1-3H3. The molecular formula is C13H18N4O2. The van der Waals surface area contributed by atoms with Crippen LogP contribution in [-0.4, -0.2) is 31.9 Å². The van der Waals surface area contributed by atoms with Crippen LogP contribution >= 0.6 is 0 Å². The molecule has 2 rings (SSSR count). The summed E-state index contributed by atoms with van der Waals surface area (Å²) in [6.45, 7) is 6.74.